The predicted molar refractivity (Wildman–Crippen MR) is 98.6 cm³/mol. The fraction of sp³-hybridized carbons (Fsp3) is 0.316. The summed E-state index contributed by atoms with van der Waals surface area (Å²) in [6.07, 6.45) is 0. The van der Waals surface area contributed by atoms with Gasteiger partial charge in [-0.05, 0) is 36.8 Å². The van der Waals surface area contributed by atoms with Gasteiger partial charge in [-0.1, -0.05) is 41.9 Å². The van der Waals surface area contributed by atoms with E-state index in [1.807, 2.05) is 66.4 Å². The molecule has 4 nitrogen and oxygen atoms in total. The summed E-state index contributed by atoms with van der Waals surface area (Å²) in [5.74, 6) is 0. The van der Waals surface area contributed by atoms with E-state index in [4.69, 9.17) is 11.6 Å². The molecule has 1 fully saturated rings. The highest BCUT2D eigenvalue weighted by molar-refractivity contribution is 6.30. The van der Waals surface area contributed by atoms with Crippen LogP contribution in [0.25, 0.3) is 0 Å². The summed E-state index contributed by atoms with van der Waals surface area (Å²) in [7, 11) is 0. The van der Waals surface area contributed by atoms with Crippen LogP contribution in [0.4, 0.5) is 10.5 Å². The van der Waals surface area contributed by atoms with E-state index in [0.717, 1.165) is 42.5 Å². The molecule has 3 rings (SSSR count). The summed E-state index contributed by atoms with van der Waals surface area (Å²) in [4.78, 5) is 16.6. The number of carbonyl (C=O) groups is 1. The Kier molecular flexibility index (Phi) is 5.26. The molecule has 1 atom stereocenters. The summed E-state index contributed by atoms with van der Waals surface area (Å²) in [6.45, 7) is 5.10. The maximum absolute atomic E-state index is 12.4. The second-order valence-corrected chi connectivity index (χ2v) is 6.47. The van der Waals surface area contributed by atoms with Crippen molar-refractivity contribution in [3.63, 3.8) is 0 Å². The monoisotopic (exact) mass is 343 g/mol. The van der Waals surface area contributed by atoms with Gasteiger partial charge in [-0.3, -0.25) is 0 Å². The van der Waals surface area contributed by atoms with E-state index in [9.17, 15) is 4.79 Å². The standard InChI is InChI=1S/C19H22ClN3O/c1-15(16-5-3-2-4-6-16)21-19(24)23-13-11-22(12-14-23)18-9-7-17(20)8-10-18/h2-10,15H,11-14H2,1H3,(H,21,24). The minimum atomic E-state index is 0.00195. The van der Waals surface area contributed by atoms with Gasteiger partial charge in [0.15, 0.2) is 0 Å². The van der Waals surface area contributed by atoms with Crippen molar-refractivity contribution in [3.05, 3.63) is 65.2 Å². The van der Waals surface area contributed by atoms with Crippen molar-refractivity contribution < 1.29 is 4.79 Å². The molecular weight excluding hydrogens is 322 g/mol. The first kappa shape index (κ1) is 16.7. The average Bonchev–Trinajstić information content (AvgIpc) is 2.63. The second-order valence-electron chi connectivity index (χ2n) is 6.03. The highest BCUT2D eigenvalue weighted by Gasteiger charge is 2.22. The van der Waals surface area contributed by atoms with Crippen molar-refractivity contribution >= 4 is 23.3 Å². The van der Waals surface area contributed by atoms with E-state index in [-0.39, 0.29) is 12.1 Å². The minimum Gasteiger partial charge on any atom is -0.368 e. The van der Waals surface area contributed by atoms with Crippen LogP contribution < -0.4 is 10.2 Å². The van der Waals surface area contributed by atoms with Gasteiger partial charge in [-0.15, -0.1) is 0 Å². The van der Waals surface area contributed by atoms with Crippen molar-refractivity contribution in [2.24, 2.45) is 0 Å². The third-order valence-corrected chi connectivity index (χ3v) is 4.65. The number of piperazine rings is 1. The van der Waals surface area contributed by atoms with Crippen molar-refractivity contribution in [3.8, 4) is 0 Å². The second kappa shape index (κ2) is 7.58. The van der Waals surface area contributed by atoms with E-state index in [2.05, 4.69) is 10.2 Å². The molecule has 2 aromatic rings. The van der Waals surface area contributed by atoms with Crippen molar-refractivity contribution in [1.29, 1.82) is 0 Å². The van der Waals surface area contributed by atoms with E-state index in [0.29, 0.717) is 0 Å². The first-order chi connectivity index (χ1) is 11.6. The van der Waals surface area contributed by atoms with Crippen LogP contribution in [0.2, 0.25) is 5.02 Å². The number of benzene rings is 2. The molecule has 126 valence electrons. The molecule has 2 amide bonds. The van der Waals surface area contributed by atoms with Gasteiger partial charge >= 0.3 is 6.03 Å². The van der Waals surface area contributed by atoms with Crippen LogP contribution in [0.15, 0.2) is 54.6 Å². The van der Waals surface area contributed by atoms with Crippen LogP contribution in [-0.2, 0) is 0 Å². The molecule has 0 saturated carbocycles. The maximum atomic E-state index is 12.4. The molecule has 1 unspecified atom stereocenters. The fourth-order valence-corrected chi connectivity index (χ4v) is 3.05. The van der Waals surface area contributed by atoms with E-state index < -0.39 is 0 Å². The van der Waals surface area contributed by atoms with Crippen LogP contribution in [0.1, 0.15) is 18.5 Å². The van der Waals surface area contributed by atoms with Gasteiger partial charge in [-0.2, -0.15) is 0 Å². The lowest BCUT2D eigenvalue weighted by molar-refractivity contribution is 0.191. The number of amides is 2. The zero-order valence-corrected chi connectivity index (χ0v) is 14.5. The van der Waals surface area contributed by atoms with Crippen LogP contribution in [0, 0.1) is 0 Å². The first-order valence-corrected chi connectivity index (χ1v) is 8.62. The van der Waals surface area contributed by atoms with Crippen LogP contribution in [0.5, 0.6) is 0 Å². The van der Waals surface area contributed by atoms with Gasteiger partial charge in [0.25, 0.3) is 0 Å². The highest BCUT2D eigenvalue weighted by atomic mass is 35.5. The Balaban J connectivity index is 1.52. The van der Waals surface area contributed by atoms with Crippen LogP contribution in [0.3, 0.4) is 0 Å². The molecule has 1 aliphatic rings. The summed E-state index contributed by atoms with van der Waals surface area (Å²) in [5.41, 5.74) is 2.27. The topological polar surface area (TPSA) is 35.6 Å². The fourth-order valence-electron chi connectivity index (χ4n) is 2.92. The Morgan fingerprint density at radius 2 is 1.62 bits per heavy atom. The van der Waals surface area contributed by atoms with Gasteiger partial charge in [0.2, 0.25) is 0 Å². The molecule has 0 spiro atoms. The minimum absolute atomic E-state index is 0.00195. The molecule has 2 aromatic carbocycles. The normalized spacial score (nSPS) is 15.9. The molecule has 1 N–H and O–H groups in total. The summed E-state index contributed by atoms with van der Waals surface area (Å²) in [6, 6.07) is 17.9. The number of nitrogens with one attached hydrogen (secondary N) is 1. The molecule has 1 heterocycles. The lowest BCUT2D eigenvalue weighted by atomic mass is 10.1. The number of rotatable bonds is 3. The number of hydrogen-bond donors (Lipinski definition) is 1. The summed E-state index contributed by atoms with van der Waals surface area (Å²) < 4.78 is 0. The first-order valence-electron chi connectivity index (χ1n) is 8.24. The summed E-state index contributed by atoms with van der Waals surface area (Å²) >= 11 is 5.93. The lowest BCUT2D eigenvalue weighted by Gasteiger charge is -2.36. The van der Waals surface area contributed by atoms with Crippen molar-refractivity contribution in [1.82, 2.24) is 10.2 Å². The Labute approximate surface area is 148 Å². The smallest absolute Gasteiger partial charge is 0.317 e. The average molecular weight is 344 g/mol. The molecule has 0 aromatic heterocycles. The van der Waals surface area contributed by atoms with E-state index in [1.165, 1.54) is 0 Å². The highest BCUT2D eigenvalue weighted by Crippen LogP contribution is 2.20. The molecular formula is C19H22ClN3O. The summed E-state index contributed by atoms with van der Waals surface area (Å²) in [5, 5.41) is 3.82. The SMILES string of the molecule is CC(NC(=O)N1CCN(c2ccc(Cl)cc2)CC1)c1ccccc1. The molecule has 0 bridgehead atoms. The van der Waals surface area contributed by atoms with E-state index in [1.54, 1.807) is 0 Å². The Morgan fingerprint density at radius 3 is 2.25 bits per heavy atom. The number of hydrogen-bond acceptors (Lipinski definition) is 2. The number of carbonyl (C=O) groups excluding carboxylic acids is 1. The zero-order valence-electron chi connectivity index (χ0n) is 13.8. The molecule has 5 heteroatoms. The third-order valence-electron chi connectivity index (χ3n) is 4.40. The van der Waals surface area contributed by atoms with Gasteiger partial charge in [0.1, 0.15) is 0 Å². The van der Waals surface area contributed by atoms with Crippen LogP contribution in [-0.4, -0.2) is 37.1 Å². The van der Waals surface area contributed by atoms with Gasteiger partial charge < -0.3 is 15.1 Å². The maximum Gasteiger partial charge on any atom is 0.317 e. The largest absolute Gasteiger partial charge is 0.368 e. The quantitative estimate of drug-likeness (QED) is 0.916. The number of anilines is 1. The van der Waals surface area contributed by atoms with E-state index >= 15 is 0 Å². The van der Waals surface area contributed by atoms with Gasteiger partial charge in [0, 0.05) is 36.9 Å². The zero-order chi connectivity index (χ0) is 16.9. The third kappa shape index (κ3) is 4.01. The van der Waals surface area contributed by atoms with Gasteiger partial charge in [0.05, 0.1) is 6.04 Å². The number of halogens is 1. The van der Waals surface area contributed by atoms with Crippen molar-refractivity contribution in [2.45, 2.75) is 13.0 Å². The predicted octanol–water partition coefficient (Wildman–Crippen LogP) is 3.93. The number of urea groups is 1. The molecule has 24 heavy (non-hydrogen) atoms. The van der Waals surface area contributed by atoms with Crippen molar-refractivity contribution in [2.75, 3.05) is 31.1 Å². The molecule has 1 saturated heterocycles. The van der Waals surface area contributed by atoms with Crippen LogP contribution >= 0.6 is 11.6 Å². The Morgan fingerprint density at radius 1 is 1.00 bits per heavy atom. The lowest BCUT2D eigenvalue weighted by Crippen LogP contribution is -2.52. The Bertz CT molecular complexity index is 667. The van der Waals surface area contributed by atoms with Gasteiger partial charge in [-0.25, -0.2) is 4.79 Å². The molecule has 0 aliphatic carbocycles. The molecule has 0 radical (unpaired) electrons. The molecule has 1 aliphatic heterocycles. The Hall–Kier alpha value is -2.20. The number of nitrogens with zero attached hydrogens (tertiary/aromatic N) is 2.